The van der Waals surface area contributed by atoms with E-state index in [0.717, 1.165) is 12.8 Å². The second-order valence-electron chi connectivity index (χ2n) is 7.96. The Morgan fingerprint density at radius 3 is 2.40 bits per heavy atom. The van der Waals surface area contributed by atoms with Crippen LogP contribution in [0.15, 0.2) is 43.0 Å². The lowest BCUT2D eigenvalue weighted by Gasteiger charge is -2.28. The van der Waals surface area contributed by atoms with E-state index in [4.69, 9.17) is 0 Å². The summed E-state index contributed by atoms with van der Waals surface area (Å²) in [5.41, 5.74) is -2.04. The van der Waals surface area contributed by atoms with Crippen LogP contribution in [0.2, 0.25) is 0 Å². The average molecular weight is 500 g/mol. The number of halogens is 6. The van der Waals surface area contributed by atoms with Crippen molar-refractivity contribution in [1.29, 1.82) is 0 Å². The normalized spacial score (nSPS) is 15.1. The van der Waals surface area contributed by atoms with Crippen molar-refractivity contribution < 1.29 is 35.9 Å². The number of benzene rings is 1. The summed E-state index contributed by atoms with van der Waals surface area (Å²) in [6, 6.07) is 2.13. The first-order valence-electron chi connectivity index (χ1n) is 10.4. The Hall–Kier alpha value is -3.71. The fraction of sp³-hybridized carbons (Fsp3) is 0.381. The summed E-state index contributed by atoms with van der Waals surface area (Å²) >= 11 is 0. The standard InChI is InChI=1S/C21H18F6N6O2/c1-12(17-30-11-33(31-17)19-28-5-2-6-29-19)32(10-13-3-4-13)18(34)14-7-15(20(22,23)24)9-16(8-14)35-21(25,26)27/h2,5-9,11-13H,3-4,10H2,1H3. The number of alkyl halides is 6. The Labute approximate surface area is 194 Å². The molecule has 0 bridgehead atoms. The molecule has 14 heteroatoms. The molecule has 1 amide bonds. The van der Waals surface area contributed by atoms with Gasteiger partial charge >= 0.3 is 12.5 Å². The zero-order chi connectivity index (χ0) is 25.4. The highest BCUT2D eigenvalue weighted by Gasteiger charge is 2.37. The Balaban J connectivity index is 1.67. The van der Waals surface area contributed by atoms with Crippen molar-refractivity contribution in [2.45, 2.75) is 38.3 Å². The zero-order valence-corrected chi connectivity index (χ0v) is 18.1. The van der Waals surface area contributed by atoms with E-state index in [1.54, 1.807) is 13.0 Å². The molecule has 2 heterocycles. The van der Waals surface area contributed by atoms with Gasteiger partial charge in [0.2, 0.25) is 0 Å². The smallest absolute Gasteiger partial charge is 0.406 e. The molecule has 1 fully saturated rings. The summed E-state index contributed by atoms with van der Waals surface area (Å²) in [6.45, 7) is 1.74. The van der Waals surface area contributed by atoms with Gasteiger partial charge in [0.1, 0.15) is 12.1 Å². The van der Waals surface area contributed by atoms with Crippen LogP contribution in [-0.2, 0) is 6.18 Å². The van der Waals surface area contributed by atoms with Crippen LogP contribution in [0.5, 0.6) is 5.75 Å². The minimum atomic E-state index is -5.23. The van der Waals surface area contributed by atoms with E-state index in [9.17, 15) is 31.1 Å². The summed E-state index contributed by atoms with van der Waals surface area (Å²) in [7, 11) is 0. The predicted octanol–water partition coefficient (Wildman–Crippen LogP) is 4.59. The number of aromatic nitrogens is 5. The van der Waals surface area contributed by atoms with Crippen molar-refractivity contribution in [2.75, 3.05) is 6.54 Å². The molecular weight excluding hydrogens is 482 g/mol. The van der Waals surface area contributed by atoms with Crippen molar-refractivity contribution in [3.63, 3.8) is 0 Å². The maximum absolute atomic E-state index is 13.4. The van der Waals surface area contributed by atoms with Crippen LogP contribution in [0.4, 0.5) is 26.3 Å². The van der Waals surface area contributed by atoms with E-state index in [0.29, 0.717) is 12.1 Å². The quantitative estimate of drug-likeness (QED) is 0.442. The minimum Gasteiger partial charge on any atom is -0.406 e. The Bertz CT molecular complexity index is 1190. The summed E-state index contributed by atoms with van der Waals surface area (Å²) in [5.74, 6) is -1.57. The molecule has 2 aromatic heterocycles. The molecule has 4 rings (SSSR count). The molecule has 0 N–H and O–H groups in total. The summed E-state index contributed by atoms with van der Waals surface area (Å²) in [6.07, 6.45) is -4.32. The summed E-state index contributed by atoms with van der Waals surface area (Å²) in [5, 5.41) is 4.26. The van der Waals surface area contributed by atoms with Gasteiger partial charge in [0, 0.05) is 24.5 Å². The fourth-order valence-corrected chi connectivity index (χ4v) is 3.35. The van der Waals surface area contributed by atoms with E-state index in [1.807, 2.05) is 0 Å². The van der Waals surface area contributed by atoms with Crippen LogP contribution in [-0.4, -0.2) is 48.4 Å². The third-order valence-electron chi connectivity index (χ3n) is 5.23. The number of amides is 1. The molecule has 1 aliphatic carbocycles. The van der Waals surface area contributed by atoms with Gasteiger partial charge in [-0.05, 0) is 49.9 Å². The molecule has 1 unspecified atom stereocenters. The molecule has 0 radical (unpaired) electrons. The van der Waals surface area contributed by atoms with E-state index >= 15 is 0 Å². The number of carbonyl (C=O) groups excluding carboxylic acids is 1. The van der Waals surface area contributed by atoms with Crippen molar-refractivity contribution in [1.82, 2.24) is 29.6 Å². The molecule has 0 aliphatic heterocycles. The van der Waals surface area contributed by atoms with E-state index in [2.05, 4.69) is 24.8 Å². The predicted molar refractivity (Wildman–Crippen MR) is 107 cm³/mol. The Morgan fingerprint density at radius 2 is 1.80 bits per heavy atom. The van der Waals surface area contributed by atoms with Gasteiger partial charge in [-0.1, -0.05) is 0 Å². The molecule has 1 saturated carbocycles. The van der Waals surface area contributed by atoms with Gasteiger partial charge in [0.15, 0.2) is 5.82 Å². The molecule has 0 spiro atoms. The summed E-state index contributed by atoms with van der Waals surface area (Å²) < 4.78 is 83.1. The molecule has 1 aromatic carbocycles. The Kier molecular flexibility index (Phi) is 6.38. The van der Waals surface area contributed by atoms with Gasteiger partial charge in [0.25, 0.3) is 11.9 Å². The van der Waals surface area contributed by atoms with Crippen LogP contribution < -0.4 is 4.74 Å². The van der Waals surface area contributed by atoms with Gasteiger partial charge in [-0.3, -0.25) is 4.79 Å². The molecular formula is C21H18F6N6O2. The number of hydrogen-bond acceptors (Lipinski definition) is 6. The number of nitrogens with zero attached hydrogens (tertiary/aromatic N) is 6. The third-order valence-corrected chi connectivity index (χ3v) is 5.23. The topological polar surface area (TPSA) is 86.0 Å². The minimum absolute atomic E-state index is 0.109. The average Bonchev–Trinajstić information content (AvgIpc) is 3.47. The van der Waals surface area contributed by atoms with Gasteiger partial charge in [-0.2, -0.15) is 17.9 Å². The lowest BCUT2D eigenvalue weighted by Crippen LogP contribution is -2.36. The lowest BCUT2D eigenvalue weighted by atomic mass is 10.1. The first-order valence-corrected chi connectivity index (χ1v) is 10.4. The van der Waals surface area contributed by atoms with Crippen LogP contribution in [0.1, 0.15) is 47.6 Å². The highest BCUT2D eigenvalue weighted by atomic mass is 19.4. The Morgan fingerprint density at radius 1 is 1.11 bits per heavy atom. The van der Waals surface area contributed by atoms with E-state index in [1.165, 1.54) is 28.3 Å². The second kappa shape index (κ2) is 9.15. The molecule has 1 aliphatic rings. The molecule has 35 heavy (non-hydrogen) atoms. The van der Waals surface area contributed by atoms with Crippen molar-refractivity contribution in [3.05, 3.63) is 59.9 Å². The largest absolute Gasteiger partial charge is 0.573 e. The van der Waals surface area contributed by atoms with Gasteiger partial charge in [0.05, 0.1) is 11.6 Å². The van der Waals surface area contributed by atoms with Gasteiger partial charge in [-0.25, -0.2) is 15.0 Å². The van der Waals surface area contributed by atoms with Crippen LogP contribution in [0.3, 0.4) is 0 Å². The summed E-state index contributed by atoms with van der Waals surface area (Å²) in [4.78, 5) is 26.8. The van der Waals surface area contributed by atoms with E-state index < -0.39 is 41.4 Å². The van der Waals surface area contributed by atoms with Crippen LogP contribution in [0, 0.1) is 5.92 Å². The number of rotatable bonds is 7. The molecule has 3 aromatic rings. The maximum atomic E-state index is 13.4. The first-order chi connectivity index (χ1) is 16.4. The number of carbonyl (C=O) groups is 1. The first kappa shape index (κ1) is 24.4. The maximum Gasteiger partial charge on any atom is 0.573 e. The molecule has 1 atom stereocenters. The zero-order valence-electron chi connectivity index (χ0n) is 18.1. The van der Waals surface area contributed by atoms with Gasteiger partial charge < -0.3 is 9.64 Å². The van der Waals surface area contributed by atoms with Crippen molar-refractivity contribution in [2.24, 2.45) is 5.92 Å². The highest BCUT2D eigenvalue weighted by molar-refractivity contribution is 5.95. The van der Waals surface area contributed by atoms with E-state index in [-0.39, 0.29) is 30.3 Å². The van der Waals surface area contributed by atoms with Gasteiger partial charge in [-0.15, -0.1) is 18.3 Å². The molecule has 0 saturated heterocycles. The molecule has 8 nitrogen and oxygen atoms in total. The molecule has 186 valence electrons. The number of hydrogen-bond donors (Lipinski definition) is 0. The van der Waals surface area contributed by atoms with Crippen molar-refractivity contribution >= 4 is 5.91 Å². The fourth-order valence-electron chi connectivity index (χ4n) is 3.35. The third kappa shape index (κ3) is 6.05. The highest BCUT2D eigenvalue weighted by Crippen LogP contribution is 2.37. The van der Waals surface area contributed by atoms with Crippen molar-refractivity contribution in [3.8, 4) is 11.7 Å². The monoisotopic (exact) mass is 500 g/mol. The second-order valence-corrected chi connectivity index (χ2v) is 7.96. The lowest BCUT2D eigenvalue weighted by molar-refractivity contribution is -0.274. The number of ether oxygens (including phenoxy) is 1. The SMILES string of the molecule is CC(c1ncn(-c2ncccn2)n1)N(CC1CC1)C(=O)c1cc(OC(F)(F)F)cc(C(F)(F)F)c1. The van der Waals surface area contributed by atoms with Crippen LogP contribution >= 0.6 is 0 Å². The van der Waals surface area contributed by atoms with Crippen LogP contribution in [0.25, 0.3) is 5.95 Å².